The zero-order valence-electron chi connectivity index (χ0n) is 14.6. The molecule has 0 radical (unpaired) electrons. The van der Waals surface area contributed by atoms with Gasteiger partial charge in [0, 0.05) is 38.9 Å². The quantitative estimate of drug-likeness (QED) is 0.835. The second-order valence-electron chi connectivity index (χ2n) is 6.80. The summed E-state index contributed by atoms with van der Waals surface area (Å²) in [6.45, 7) is 2.32. The number of rotatable bonds is 3. The first-order chi connectivity index (χ1) is 12.1. The van der Waals surface area contributed by atoms with Crippen molar-refractivity contribution in [2.45, 2.75) is 19.3 Å². The molecule has 2 fully saturated rings. The molecule has 1 spiro atoms. The number of anilines is 2. The van der Waals surface area contributed by atoms with Crippen molar-refractivity contribution in [3.8, 4) is 5.88 Å². The molecular formula is C17H22N6O2. The van der Waals surface area contributed by atoms with Gasteiger partial charge < -0.3 is 14.5 Å². The summed E-state index contributed by atoms with van der Waals surface area (Å²) in [5, 5.41) is 4.19. The van der Waals surface area contributed by atoms with E-state index in [-0.39, 0.29) is 11.3 Å². The van der Waals surface area contributed by atoms with Gasteiger partial charge >= 0.3 is 0 Å². The van der Waals surface area contributed by atoms with E-state index in [1.165, 1.54) is 6.33 Å². The van der Waals surface area contributed by atoms with E-state index in [9.17, 15) is 4.79 Å². The lowest BCUT2D eigenvalue weighted by atomic mass is 9.78. The van der Waals surface area contributed by atoms with Crippen LogP contribution in [-0.4, -0.2) is 52.4 Å². The Labute approximate surface area is 146 Å². The Hall–Kier alpha value is -2.64. The number of piperidine rings is 1. The highest BCUT2D eigenvalue weighted by molar-refractivity contribution is 6.00. The molecule has 8 nitrogen and oxygen atoms in total. The van der Waals surface area contributed by atoms with Crippen molar-refractivity contribution in [3.63, 3.8) is 0 Å². The zero-order chi connectivity index (χ0) is 17.4. The van der Waals surface area contributed by atoms with Gasteiger partial charge in [0.25, 0.3) is 0 Å². The fraction of sp³-hybridized carbons (Fsp3) is 0.529. The van der Waals surface area contributed by atoms with Crippen LogP contribution in [0, 0.1) is 5.41 Å². The fourth-order valence-corrected chi connectivity index (χ4v) is 3.94. The molecule has 4 heterocycles. The van der Waals surface area contributed by atoms with Crippen molar-refractivity contribution < 1.29 is 9.53 Å². The summed E-state index contributed by atoms with van der Waals surface area (Å²) < 4.78 is 6.93. The van der Waals surface area contributed by atoms with Crippen molar-refractivity contribution in [3.05, 3.63) is 24.8 Å². The van der Waals surface area contributed by atoms with E-state index in [1.54, 1.807) is 18.0 Å². The number of aromatic nitrogens is 4. The molecule has 1 unspecified atom stereocenters. The van der Waals surface area contributed by atoms with E-state index < -0.39 is 0 Å². The van der Waals surface area contributed by atoms with Crippen LogP contribution in [0.4, 0.5) is 11.5 Å². The molecule has 2 aromatic heterocycles. The number of carbonyl (C=O) groups is 1. The first-order valence-corrected chi connectivity index (χ1v) is 8.53. The van der Waals surface area contributed by atoms with E-state index in [2.05, 4.69) is 20.0 Å². The molecule has 2 aromatic rings. The molecule has 0 bridgehead atoms. The Morgan fingerprint density at radius 3 is 2.88 bits per heavy atom. The molecule has 2 saturated heterocycles. The maximum absolute atomic E-state index is 13.2. The Morgan fingerprint density at radius 1 is 1.24 bits per heavy atom. The van der Waals surface area contributed by atoms with Crippen molar-refractivity contribution in [1.29, 1.82) is 0 Å². The van der Waals surface area contributed by atoms with Crippen molar-refractivity contribution in [2.24, 2.45) is 12.5 Å². The van der Waals surface area contributed by atoms with Gasteiger partial charge in [-0.2, -0.15) is 5.10 Å². The van der Waals surface area contributed by atoms with Crippen LogP contribution in [0.3, 0.4) is 0 Å². The SMILES string of the molecule is COc1cc(N2CCCC3(CCN(c4cnn(C)c4)C3=O)C2)ncn1. The Balaban J connectivity index is 1.57. The molecule has 132 valence electrons. The minimum absolute atomic E-state index is 0.200. The molecule has 2 aliphatic heterocycles. The third-order valence-electron chi connectivity index (χ3n) is 5.25. The Morgan fingerprint density at radius 2 is 2.12 bits per heavy atom. The predicted octanol–water partition coefficient (Wildman–Crippen LogP) is 1.24. The number of nitrogens with zero attached hydrogens (tertiary/aromatic N) is 6. The maximum Gasteiger partial charge on any atom is 0.235 e. The summed E-state index contributed by atoms with van der Waals surface area (Å²) in [5.41, 5.74) is 0.539. The van der Waals surface area contributed by atoms with Crippen LogP contribution in [-0.2, 0) is 11.8 Å². The van der Waals surface area contributed by atoms with Crippen LogP contribution in [0.15, 0.2) is 24.8 Å². The number of hydrogen-bond donors (Lipinski definition) is 0. The van der Waals surface area contributed by atoms with Gasteiger partial charge in [-0.1, -0.05) is 0 Å². The van der Waals surface area contributed by atoms with Crippen LogP contribution in [0.2, 0.25) is 0 Å². The van der Waals surface area contributed by atoms with Gasteiger partial charge in [0.05, 0.1) is 24.4 Å². The highest BCUT2D eigenvalue weighted by Crippen LogP contribution is 2.42. The molecular weight excluding hydrogens is 320 g/mol. The molecule has 4 rings (SSSR count). The minimum Gasteiger partial charge on any atom is -0.481 e. The third-order valence-corrected chi connectivity index (χ3v) is 5.25. The first-order valence-electron chi connectivity index (χ1n) is 8.53. The molecule has 0 aliphatic carbocycles. The summed E-state index contributed by atoms with van der Waals surface area (Å²) in [6.07, 6.45) is 7.91. The third kappa shape index (κ3) is 2.71. The topological polar surface area (TPSA) is 76.4 Å². The largest absolute Gasteiger partial charge is 0.481 e. The molecule has 0 N–H and O–H groups in total. The van der Waals surface area contributed by atoms with Gasteiger partial charge in [-0.15, -0.1) is 0 Å². The summed E-state index contributed by atoms with van der Waals surface area (Å²) in [4.78, 5) is 25.7. The average Bonchev–Trinajstić information content (AvgIpc) is 3.20. The monoisotopic (exact) mass is 342 g/mol. The zero-order valence-corrected chi connectivity index (χ0v) is 14.6. The highest BCUT2D eigenvalue weighted by atomic mass is 16.5. The molecule has 1 amide bonds. The average molecular weight is 342 g/mol. The second-order valence-corrected chi connectivity index (χ2v) is 6.80. The Kier molecular flexibility index (Phi) is 3.82. The van der Waals surface area contributed by atoms with Gasteiger partial charge in [-0.05, 0) is 19.3 Å². The van der Waals surface area contributed by atoms with Gasteiger partial charge in [0.15, 0.2) is 0 Å². The van der Waals surface area contributed by atoms with Gasteiger partial charge in [-0.25, -0.2) is 9.97 Å². The molecule has 1 atom stereocenters. The molecule has 2 aliphatic rings. The number of ether oxygens (including phenoxy) is 1. The summed E-state index contributed by atoms with van der Waals surface area (Å²) in [5.74, 6) is 1.56. The van der Waals surface area contributed by atoms with E-state index in [0.717, 1.165) is 43.9 Å². The first kappa shape index (κ1) is 15.9. The lowest BCUT2D eigenvalue weighted by Gasteiger charge is -2.39. The van der Waals surface area contributed by atoms with Crippen molar-refractivity contribution in [2.75, 3.05) is 36.5 Å². The second kappa shape index (κ2) is 6.02. The summed E-state index contributed by atoms with van der Waals surface area (Å²) >= 11 is 0. The predicted molar refractivity (Wildman–Crippen MR) is 92.6 cm³/mol. The molecule has 0 aromatic carbocycles. The fourth-order valence-electron chi connectivity index (χ4n) is 3.94. The molecule has 8 heteroatoms. The smallest absolute Gasteiger partial charge is 0.235 e. The van der Waals surface area contributed by atoms with Gasteiger partial charge in [0.2, 0.25) is 11.8 Å². The minimum atomic E-state index is -0.341. The summed E-state index contributed by atoms with van der Waals surface area (Å²) in [6, 6.07) is 1.83. The van der Waals surface area contributed by atoms with Crippen LogP contribution in [0.1, 0.15) is 19.3 Å². The number of amides is 1. The van der Waals surface area contributed by atoms with Crippen LogP contribution >= 0.6 is 0 Å². The summed E-state index contributed by atoms with van der Waals surface area (Å²) in [7, 11) is 3.46. The van der Waals surface area contributed by atoms with E-state index in [1.807, 2.05) is 24.2 Å². The van der Waals surface area contributed by atoms with Gasteiger partial charge in [0.1, 0.15) is 12.1 Å². The number of carbonyl (C=O) groups excluding carboxylic acids is 1. The normalized spacial score (nSPS) is 23.5. The van der Waals surface area contributed by atoms with E-state index in [0.29, 0.717) is 12.4 Å². The van der Waals surface area contributed by atoms with Gasteiger partial charge in [-0.3, -0.25) is 9.48 Å². The number of hydrogen-bond acceptors (Lipinski definition) is 6. The van der Waals surface area contributed by atoms with Crippen molar-refractivity contribution in [1.82, 2.24) is 19.7 Å². The molecule has 0 saturated carbocycles. The van der Waals surface area contributed by atoms with Crippen LogP contribution in [0.5, 0.6) is 5.88 Å². The number of methoxy groups -OCH3 is 1. The van der Waals surface area contributed by atoms with E-state index in [4.69, 9.17) is 4.74 Å². The standard InChI is InChI=1S/C17H22N6O2/c1-21-10-13(9-20-21)23-7-5-17(16(23)24)4-3-6-22(11-17)14-8-15(25-2)19-12-18-14/h8-10,12H,3-7,11H2,1-2H3. The highest BCUT2D eigenvalue weighted by Gasteiger charge is 2.49. The maximum atomic E-state index is 13.2. The molecule has 25 heavy (non-hydrogen) atoms. The van der Waals surface area contributed by atoms with Crippen molar-refractivity contribution >= 4 is 17.4 Å². The van der Waals surface area contributed by atoms with Crippen LogP contribution in [0.25, 0.3) is 0 Å². The Bertz CT molecular complexity index is 791. The van der Waals surface area contributed by atoms with E-state index >= 15 is 0 Å². The lowest BCUT2D eigenvalue weighted by Crippen LogP contribution is -2.48. The van der Waals surface area contributed by atoms with Crippen LogP contribution < -0.4 is 14.5 Å². The lowest BCUT2D eigenvalue weighted by molar-refractivity contribution is -0.126. The number of aryl methyl sites for hydroxylation is 1.